The lowest BCUT2D eigenvalue weighted by molar-refractivity contribution is -0.383. The summed E-state index contributed by atoms with van der Waals surface area (Å²) in [5, 5.41) is 11.3. The van der Waals surface area contributed by atoms with E-state index in [4.69, 9.17) is 11.6 Å². The molecule has 94 valence electrons. The van der Waals surface area contributed by atoms with Gasteiger partial charge < -0.3 is 4.57 Å². The van der Waals surface area contributed by atoms with Crippen molar-refractivity contribution in [2.45, 2.75) is 25.8 Å². The lowest BCUT2D eigenvalue weighted by Crippen LogP contribution is -2.09. The molecule has 2 aromatic rings. The Kier molecular flexibility index (Phi) is 2.79. The van der Waals surface area contributed by atoms with Crippen LogP contribution >= 0.6 is 27.5 Å². The zero-order chi connectivity index (χ0) is 12.9. The van der Waals surface area contributed by atoms with Crippen LogP contribution in [-0.4, -0.2) is 14.5 Å². The lowest BCUT2D eigenvalue weighted by Gasteiger charge is -2.13. The maximum absolute atomic E-state index is 11.2. The van der Waals surface area contributed by atoms with Gasteiger partial charge in [0.2, 0.25) is 0 Å². The first kappa shape index (κ1) is 11.9. The molecule has 3 rings (SSSR count). The minimum Gasteiger partial charge on any atom is -0.328 e. The molecule has 18 heavy (non-hydrogen) atoms. The van der Waals surface area contributed by atoms with Crippen LogP contribution in [0.3, 0.4) is 0 Å². The molecule has 1 aromatic heterocycles. The van der Waals surface area contributed by atoms with Crippen LogP contribution < -0.4 is 0 Å². The van der Waals surface area contributed by atoms with Crippen molar-refractivity contribution in [1.82, 2.24) is 9.55 Å². The molecule has 0 N–H and O–H groups in total. The first-order valence-electron chi connectivity index (χ1n) is 5.61. The van der Waals surface area contributed by atoms with Gasteiger partial charge in [-0.05, 0) is 34.8 Å². The SMILES string of the molecule is O=[N+]([O-])c1c(Cl)c(Br)cc2c1nc1n2CCCC1. The third-order valence-corrected chi connectivity index (χ3v) is 4.44. The number of nitro groups is 1. The molecule has 0 saturated heterocycles. The largest absolute Gasteiger partial charge is 0.328 e. The average Bonchev–Trinajstić information content (AvgIpc) is 2.68. The fourth-order valence-corrected chi connectivity index (χ4v) is 3.01. The van der Waals surface area contributed by atoms with Crippen molar-refractivity contribution in [1.29, 1.82) is 0 Å². The number of halogens is 2. The minimum atomic E-state index is -0.464. The van der Waals surface area contributed by atoms with Crippen molar-refractivity contribution in [2.75, 3.05) is 0 Å². The summed E-state index contributed by atoms with van der Waals surface area (Å²) < 4.78 is 2.59. The summed E-state index contributed by atoms with van der Waals surface area (Å²) in [7, 11) is 0. The number of imidazole rings is 1. The molecule has 2 heterocycles. The summed E-state index contributed by atoms with van der Waals surface area (Å²) in [5.41, 5.74) is 1.07. The van der Waals surface area contributed by atoms with Crippen molar-refractivity contribution in [3.8, 4) is 0 Å². The van der Waals surface area contributed by atoms with Crippen molar-refractivity contribution < 1.29 is 4.92 Å². The highest BCUT2D eigenvalue weighted by molar-refractivity contribution is 9.10. The number of hydrogen-bond donors (Lipinski definition) is 0. The molecule has 0 spiro atoms. The third-order valence-electron chi connectivity index (χ3n) is 3.21. The molecule has 5 nitrogen and oxygen atoms in total. The van der Waals surface area contributed by atoms with Crippen LogP contribution in [-0.2, 0) is 13.0 Å². The molecule has 0 radical (unpaired) electrons. The van der Waals surface area contributed by atoms with Crippen LogP contribution in [0.25, 0.3) is 11.0 Å². The Balaban J connectivity index is 2.41. The minimum absolute atomic E-state index is 0.108. The number of aromatic nitrogens is 2. The summed E-state index contributed by atoms with van der Waals surface area (Å²) in [6.07, 6.45) is 3.01. The van der Waals surface area contributed by atoms with Crippen LogP contribution in [0.2, 0.25) is 5.02 Å². The van der Waals surface area contributed by atoms with Gasteiger partial charge in [-0.25, -0.2) is 4.98 Å². The van der Waals surface area contributed by atoms with Crippen molar-refractivity contribution in [3.05, 3.63) is 31.5 Å². The van der Waals surface area contributed by atoms with E-state index in [1.54, 1.807) is 0 Å². The molecule has 0 saturated carbocycles. The number of benzene rings is 1. The van der Waals surface area contributed by atoms with Crippen LogP contribution in [0.1, 0.15) is 18.7 Å². The van der Waals surface area contributed by atoms with Gasteiger partial charge in [-0.1, -0.05) is 11.6 Å². The molecule has 0 atom stereocenters. The monoisotopic (exact) mass is 329 g/mol. The van der Waals surface area contributed by atoms with E-state index < -0.39 is 4.92 Å². The van der Waals surface area contributed by atoms with Crippen molar-refractivity contribution in [2.24, 2.45) is 0 Å². The molecule has 0 amide bonds. The van der Waals surface area contributed by atoms with Gasteiger partial charge in [0.05, 0.1) is 10.4 Å². The van der Waals surface area contributed by atoms with Gasteiger partial charge in [0.15, 0.2) is 5.52 Å². The molecule has 0 bridgehead atoms. The van der Waals surface area contributed by atoms with Crippen LogP contribution in [0, 0.1) is 10.1 Å². The first-order valence-corrected chi connectivity index (χ1v) is 6.78. The predicted octanol–water partition coefficient (Wildman–Crippen LogP) is 3.70. The third kappa shape index (κ3) is 1.63. The van der Waals surface area contributed by atoms with Crippen molar-refractivity contribution >= 4 is 44.3 Å². The van der Waals surface area contributed by atoms with Crippen LogP contribution in [0.4, 0.5) is 5.69 Å². The second kappa shape index (κ2) is 4.20. The van der Waals surface area contributed by atoms with Gasteiger partial charge in [0.25, 0.3) is 0 Å². The van der Waals surface area contributed by atoms with Gasteiger partial charge in [-0.15, -0.1) is 0 Å². The first-order chi connectivity index (χ1) is 8.59. The fourth-order valence-electron chi connectivity index (χ4n) is 2.39. The van der Waals surface area contributed by atoms with Gasteiger partial charge >= 0.3 is 5.69 Å². The van der Waals surface area contributed by atoms with Gasteiger partial charge in [-0.2, -0.15) is 0 Å². The summed E-state index contributed by atoms with van der Waals surface area (Å²) in [6, 6.07) is 1.81. The molecule has 0 fully saturated rings. The van der Waals surface area contributed by atoms with Crippen LogP contribution in [0.15, 0.2) is 10.5 Å². The number of fused-ring (bicyclic) bond motifs is 3. The molecule has 1 aromatic carbocycles. The molecule has 1 aliphatic heterocycles. The standard InChI is InChI=1S/C11H9BrClN3O2/c12-6-5-7-10(11(9(6)13)16(17)18)14-8-3-1-2-4-15(7)8/h5H,1-4H2. The van der Waals surface area contributed by atoms with Gasteiger partial charge in [-0.3, -0.25) is 10.1 Å². The number of rotatable bonds is 1. The summed E-state index contributed by atoms with van der Waals surface area (Å²) >= 11 is 9.26. The Morgan fingerprint density at radius 1 is 1.50 bits per heavy atom. The number of hydrogen-bond acceptors (Lipinski definition) is 3. The Bertz CT molecular complexity index is 668. The summed E-state index contributed by atoms with van der Waals surface area (Å²) in [5.74, 6) is 0.911. The molecule has 0 unspecified atom stereocenters. The molecule has 0 aliphatic carbocycles. The Labute approximate surface area is 116 Å². The summed E-state index contributed by atoms with van der Waals surface area (Å²) in [4.78, 5) is 15.1. The Hall–Kier alpha value is -1.14. The maximum atomic E-state index is 11.2. The number of nitro benzene ring substituents is 1. The number of aryl methyl sites for hydroxylation is 2. The molecule has 7 heteroatoms. The second-order valence-electron chi connectivity index (χ2n) is 4.28. The topological polar surface area (TPSA) is 61.0 Å². The van der Waals surface area contributed by atoms with E-state index in [-0.39, 0.29) is 10.7 Å². The fraction of sp³-hybridized carbons (Fsp3) is 0.364. The number of nitrogens with zero attached hydrogens (tertiary/aromatic N) is 3. The van der Waals surface area contributed by atoms with E-state index in [9.17, 15) is 10.1 Å². The average molecular weight is 331 g/mol. The highest BCUT2D eigenvalue weighted by Crippen LogP contribution is 2.39. The van der Waals surface area contributed by atoms with E-state index >= 15 is 0 Å². The van der Waals surface area contributed by atoms with E-state index in [0.717, 1.165) is 37.1 Å². The maximum Gasteiger partial charge on any atom is 0.316 e. The van der Waals surface area contributed by atoms with E-state index in [0.29, 0.717) is 9.99 Å². The normalized spacial score (nSPS) is 14.8. The molecular weight excluding hydrogens is 321 g/mol. The Morgan fingerprint density at radius 3 is 3.00 bits per heavy atom. The zero-order valence-electron chi connectivity index (χ0n) is 9.32. The van der Waals surface area contributed by atoms with Crippen molar-refractivity contribution in [3.63, 3.8) is 0 Å². The van der Waals surface area contributed by atoms with E-state index in [2.05, 4.69) is 20.9 Å². The predicted molar refractivity (Wildman–Crippen MR) is 72.0 cm³/mol. The quantitative estimate of drug-likeness (QED) is 0.591. The Morgan fingerprint density at radius 2 is 2.28 bits per heavy atom. The molecular formula is C11H9BrClN3O2. The van der Waals surface area contributed by atoms with E-state index in [1.165, 1.54) is 0 Å². The van der Waals surface area contributed by atoms with Gasteiger partial charge in [0.1, 0.15) is 10.8 Å². The second-order valence-corrected chi connectivity index (χ2v) is 5.51. The highest BCUT2D eigenvalue weighted by Gasteiger charge is 2.26. The van der Waals surface area contributed by atoms with Crippen LogP contribution in [0.5, 0.6) is 0 Å². The lowest BCUT2D eigenvalue weighted by atomic mass is 10.2. The molecule has 1 aliphatic rings. The zero-order valence-corrected chi connectivity index (χ0v) is 11.7. The summed E-state index contributed by atoms with van der Waals surface area (Å²) in [6.45, 7) is 0.858. The van der Waals surface area contributed by atoms with Gasteiger partial charge in [0, 0.05) is 17.4 Å². The highest BCUT2D eigenvalue weighted by atomic mass is 79.9. The smallest absolute Gasteiger partial charge is 0.316 e. The van der Waals surface area contributed by atoms with E-state index in [1.807, 2.05) is 10.6 Å².